The predicted molar refractivity (Wildman–Crippen MR) is 90.9 cm³/mol. The summed E-state index contributed by atoms with van der Waals surface area (Å²) < 4.78 is 7.98. The number of carbonyl (C=O) groups excluding carboxylic acids is 3. The average molecular weight is 371 g/mol. The topological polar surface area (TPSA) is 157 Å². The van der Waals surface area contributed by atoms with E-state index in [0.717, 1.165) is 11.7 Å². The molecule has 0 saturated heterocycles. The van der Waals surface area contributed by atoms with Crippen LogP contribution in [0.3, 0.4) is 0 Å². The number of nitrogens with two attached hydrogens (primary N) is 1. The number of hydrogen-bond donors (Lipinski definition) is 3. The summed E-state index contributed by atoms with van der Waals surface area (Å²) in [7, 11) is 0. The van der Waals surface area contributed by atoms with E-state index in [4.69, 9.17) is 5.73 Å². The molecule has 0 saturated carbocycles. The van der Waals surface area contributed by atoms with E-state index in [-0.39, 0.29) is 23.6 Å². The number of carbonyl (C=O) groups is 3. The number of nitrogens with zero attached hydrogens (tertiary/aromatic N) is 4. The molecule has 0 aliphatic rings. The fourth-order valence-electron chi connectivity index (χ4n) is 2.23. The van der Waals surface area contributed by atoms with Crippen molar-refractivity contribution in [3.05, 3.63) is 48.2 Å². The molecule has 26 heavy (non-hydrogen) atoms. The highest BCUT2D eigenvalue weighted by atomic mass is 32.1. The van der Waals surface area contributed by atoms with Gasteiger partial charge in [-0.3, -0.25) is 14.4 Å². The average Bonchev–Trinajstić information content (AvgIpc) is 3.32. The zero-order chi connectivity index (χ0) is 18.5. The van der Waals surface area contributed by atoms with Crippen molar-refractivity contribution in [2.24, 2.45) is 5.73 Å². The molecule has 0 aliphatic heterocycles. The van der Waals surface area contributed by atoms with Crippen LogP contribution in [0.25, 0.3) is 11.5 Å². The van der Waals surface area contributed by atoms with Crippen LogP contribution in [0.2, 0.25) is 0 Å². The van der Waals surface area contributed by atoms with Crippen LogP contribution >= 0.6 is 11.7 Å². The molecule has 3 aromatic heterocycles. The molecule has 0 spiro atoms. The smallest absolute Gasteiger partial charge is 0.287 e. The van der Waals surface area contributed by atoms with E-state index in [0.29, 0.717) is 5.69 Å². The maximum Gasteiger partial charge on any atom is 0.287 e. The van der Waals surface area contributed by atoms with Gasteiger partial charge in [0, 0.05) is 30.7 Å². The number of rotatable bonds is 7. The van der Waals surface area contributed by atoms with E-state index < -0.39 is 23.6 Å². The second-order valence-electron chi connectivity index (χ2n) is 5.19. The van der Waals surface area contributed by atoms with Gasteiger partial charge in [-0.1, -0.05) is 0 Å². The van der Waals surface area contributed by atoms with E-state index in [1.54, 1.807) is 24.4 Å². The van der Waals surface area contributed by atoms with Crippen molar-refractivity contribution in [2.45, 2.75) is 12.5 Å². The molecule has 3 aromatic rings. The fraction of sp³-hybridized carbons (Fsp3) is 0.133. The third-order valence-corrected chi connectivity index (χ3v) is 3.96. The van der Waals surface area contributed by atoms with E-state index in [9.17, 15) is 14.4 Å². The molecule has 10 nitrogen and oxygen atoms in total. The first-order valence-electron chi connectivity index (χ1n) is 7.43. The molecule has 3 heterocycles. The van der Waals surface area contributed by atoms with Gasteiger partial charge in [0.05, 0.1) is 11.7 Å². The van der Waals surface area contributed by atoms with Gasteiger partial charge in [0.1, 0.15) is 6.04 Å². The number of Topliss-reactive ketones (excluding diaryl/α,β-unsaturated/α-hetero) is 1. The number of ketones is 1. The fourth-order valence-corrected chi connectivity index (χ4v) is 2.77. The first-order valence-corrected chi connectivity index (χ1v) is 8.16. The zero-order valence-electron chi connectivity index (χ0n) is 13.2. The van der Waals surface area contributed by atoms with Gasteiger partial charge < -0.3 is 16.0 Å². The first-order chi connectivity index (χ1) is 12.6. The van der Waals surface area contributed by atoms with Crippen LogP contribution in [0.1, 0.15) is 16.2 Å². The molecule has 3 rings (SSSR count). The molecule has 132 valence electrons. The van der Waals surface area contributed by atoms with Crippen molar-refractivity contribution in [3.8, 4) is 11.5 Å². The van der Waals surface area contributed by atoms with Gasteiger partial charge in [0.15, 0.2) is 17.2 Å². The number of nitrogens with one attached hydrogen (secondary N) is 2. The highest BCUT2D eigenvalue weighted by molar-refractivity contribution is 6.99. The van der Waals surface area contributed by atoms with E-state index >= 15 is 0 Å². The van der Waals surface area contributed by atoms with Gasteiger partial charge in [-0.05, 0) is 18.2 Å². The molecular weight excluding hydrogens is 358 g/mol. The lowest BCUT2D eigenvalue weighted by atomic mass is 10.1. The molecule has 0 bridgehead atoms. The SMILES string of the molecule is NC(=O)C(=O)C(Cc1ccc[nH]1)NC(=O)c1nsnc1-c1ncccn1. The molecule has 1 unspecified atom stereocenters. The van der Waals surface area contributed by atoms with Crippen molar-refractivity contribution in [1.82, 2.24) is 29.0 Å². The van der Waals surface area contributed by atoms with Gasteiger partial charge in [-0.15, -0.1) is 0 Å². The lowest BCUT2D eigenvalue weighted by Gasteiger charge is -2.15. The number of H-pyrrole nitrogens is 1. The summed E-state index contributed by atoms with van der Waals surface area (Å²) in [6, 6.07) is 3.95. The Morgan fingerprint density at radius 2 is 1.96 bits per heavy atom. The molecule has 0 fully saturated rings. The Bertz CT molecular complexity index is 924. The summed E-state index contributed by atoms with van der Waals surface area (Å²) in [4.78, 5) is 46.9. The maximum absolute atomic E-state index is 12.6. The van der Waals surface area contributed by atoms with Crippen LogP contribution in [0.15, 0.2) is 36.8 Å². The highest BCUT2D eigenvalue weighted by Crippen LogP contribution is 2.17. The molecule has 0 aliphatic carbocycles. The third kappa shape index (κ3) is 3.78. The monoisotopic (exact) mass is 371 g/mol. The van der Waals surface area contributed by atoms with E-state index in [1.807, 2.05) is 0 Å². The zero-order valence-corrected chi connectivity index (χ0v) is 14.1. The molecule has 4 N–H and O–H groups in total. The summed E-state index contributed by atoms with van der Waals surface area (Å²) in [5.74, 6) is -2.49. The van der Waals surface area contributed by atoms with Gasteiger partial charge >= 0.3 is 0 Å². The maximum atomic E-state index is 12.6. The minimum absolute atomic E-state index is 0.0324. The summed E-state index contributed by atoms with van der Waals surface area (Å²) in [6.45, 7) is 0. The second kappa shape index (κ2) is 7.61. The van der Waals surface area contributed by atoms with Crippen molar-refractivity contribution < 1.29 is 14.4 Å². The van der Waals surface area contributed by atoms with Crippen LogP contribution in [0.4, 0.5) is 0 Å². The third-order valence-electron chi connectivity index (χ3n) is 3.43. The Hall–Kier alpha value is -3.47. The molecule has 1 atom stereocenters. The summed E-state index contributed by atoms with van der Waals surface area (Å²) in [5, 5.41) is 2.49. The minimum Gasteiger partial charge on any atom is -0.365 e. The highest BCUT2D eigenvalue weighted by Gasteiger charge is 2.28. The predicted octanol–water partition coefficient (Wildman–Crippen LogP) is -0.281. The Balaban J connectivity index is 1.83. The Kier molecular flexibility index (Phi) is 5.08. The van der Waals surface area contributed by atoms with Gasteiger partial charge in [-0.25, -0.2) is 9.97 Å². The van der Waals surface area contributed by atoms with Crippen molar-refractivity contribution in [1.29, 1.82) is 0 Å². The van der Waals surface area contributed by atoms with E-state index in [2.05, 4.69) is 29.0 Å². The molecule has 2 amide bonds. The van der Waals surface area contributed by atoms with Gasteiger partial charge in [-0.2, -0.15) is 8.75 Å². The van der Waals surface area contributed by atoms with E-state index in [1.165, 1.54) is 12.4 Å². The van der Waals surface area contributed by atoms with Crippen LogP contribution in [0, 0.1) is 0 Å². The minimum atomic E-state index is -1.13. The first kappa shape index (κ1) is 17.4. The standard InChI is InChI=1S/C15H13N7O3S/c16-13(24)12(23)9(7-8-3-1-4-17-8)20-15(25)11-10(21-26-22-11)14-18-5-2-6-19-14/h1-6,9,17H,7H2,(H2,16,24)(H,20,25). The lowest BCUT2D eigenvalue weighted by Crippen LogP contribution is -2.47. The normalized spacial score (nSPS) is 11.7. The molecule has 0 radical (unpaired) electrons. The largest absolute Gasteiger partial charge is 0.365 e. The number of aromatic nitrogens is 5. The van der Waals surface area contributed by atoms with Gasteiger partial charge in [0.25, 0.3) is 11.8 Å². The summed E-state index contributed by atoms with van der Waals surface area (Å²) in [6.07, 6.45) is 4.76. The number of primary amides is 1. The van der Waals surface area contributed by atoms with Crippen LogP contribution in [0.5, 0.6) is 0 Å². The Labute approximate surface area is 151 Å². The Morgan fingerprint density at radius 1 is 1.19 bits per heavy atom. The second-order valence-corrected chi connectivity index (χ2v) is 5.72. The van der Waals surface area contributed by atoms with Crippen LogP contribution < -0.4 is 11.1 Å². The van der Waals surface area contributed by atoms with Crippen molar-refractivity contribution in [2.75, 3.05) is 0 Å². The lowest BCUT2D eigenvalue weighted by molar-refractivity contribution is -0.137. The summed E-state index contributed by atoms with van der Waals surface area (Å²) >= 11 is 0.813. The van der Waals surface area contributed by atoms with Crippen molar-refractivity contribution >= 4 is 29.3 Å². The quantitative estimate of drug-likeness (QED) is 0.482. The molecular formula is C15H13N7O3S. The number of amides is 2. The molecule has 0 aromatic carbocycles. The number of aromatic amines is 1. The van der Waals surface area contributed by atoms with Gasteiger partial charge in [0.2, 0.25) is 5.78 Å². The summed E-state index contributed by atoms with van der Waals surface area (Å²) in [5.41, 5.74) is 5.91. The molecule has 11 heteroatoms. The number of hydrogen-bond acceptors (Lipinski definition) is 8. The van der Waals surface area contributed by atoms with Crippen LogP contribution in [-0.4, -0.2) is 47.3 Å². The van der Waals surface area contributed by atoms with Crippen LogP contribution in [-0.2, 0) is 16.0 Å². The van der Waals surface area contributed by atoms with Crippen molar-refractivity contribution in [3.63, 3.8) is 0 Å². The Morgan fingerprint density at radius 3 is 2.62 bits per heavy atom.